The maximum absolute atomic E-state index is 13.7. The number of nitrogens with one attached hydrogen (secondary N) is 1. The fraction of sp³-hybridized carbons (Fsp3) is 0.556. The van der Waals surface area contributed by atoms with Crippen LogP contribution in [0.4, 0.5) is 4.39 Å². The number of benzene rings is 1. The molecule has 1 heterocycles. The number of carbonyl (C=O) groups excluding carboxylic acids is 1. The van der Waals surface area contributed by atoms with Gasteiger partial charge in [-0.2, -0.15) is 0 Å². The van der Waals surface area contributed by atoms with Crippen LogP contribution in [0.5, 0.6) is 0 Å². The molecule has 1 saturated heterocycles. The molecule has 2 N–H and O–H groups in total. The van der Waals surface area contributed by atoms with Crippen molar-refractivity contribution in [2.45, 2.75) is 44.6 Å². The summed E-state index contributed by atoms with van der Waals surface area (Å²) >= 11 is 0. The van der Waals surface area contributed by atoms with Crippen LogP contribution in [0.3, 0.4) is 0 Å². The van der Waals surface area contributed by atoms with Crippen molar-refractivity contribution in [3.05, 3.63) is 35.6 Å². The molecule has 0 unspecified atom stereocenters. The quantitative estimate of drug-likeness (QED) is 0.836. The zero-order valence-corrected chi connectivity index (χ0v) is 14.0. The molecule has 2 rings (SSSR count). The number of aliphatic carboxylic acids is 1. The van der Waals surface area contributed by atoms with Crippen LogP contribution in [0.2, 0.25) is 0 Å². The van der Waals surface area contributed by atoms with Gasteiger partial charge in [-0.1, -0.05) is 26.0 Å². The van der Waals surface area contributed by atoms with Gasteiger partial charge < -0.3 is 15.2 Å². The van der Waals surface area contributed by atoms with E-state index in [1.165, 1.54) is 12.1 Å². The van der Waals surface area contributed by atoms with Crippen molar-refractivity contribution in [1.82, 2.24) is 5.32 Å². The van der Waals surface area contributed by atoms with E-state index in [4.69, 9.17) is 4.74 Å². The van der Waals surface area contributed by atoms with Gasteiger partial charge in [0, 0.05) is 13.2 Å². The molecule has 0 aliphatic carbocycles. The number of halogens is 1. The SMILES string of the molecule is CC(C)C[C@@H](NC(=O)C1(c2cccc(F)c2)CCOCC1)C(=O)O. The van der Waals surface area contributed by atoms with Crippen LogP contribution in [-0.2, 0) is 19.7 Å². The van der Waals surface area contributed by atoms with Gasteiger partial charge in [0.25, 0.3) is 0 Å². The molecule has 0 radical (unpaired) electrons. The molecule has 132 valence electrons. The summed E-state index contributed by atoms with van der Waals surface area (Å²) in [5, 5.41) is 12.0. The van der Waals surface area contributed by atoms with Crippen molar-refractivity contribution in [2.24, 2.45) is 5.92 Å². The minimum absolute atomic E-state index is 0.131. The molecule has 1 fully saturated rings. The lowest BCUT2D eigenvalue weighted by molar-refractivity contribution is -0.144. The van der Waals surface area contributed by atoms with Crippen molar-refractivity contribution < 1.29 is 23.8 Å². The number of carbonyl (C=O) groups is 2. The van der Waals surface area contributed by atoms with E-state index >= 15 is 0 Å². The molecular formula is C18H24FNO4. The Hall–Kier alpha value is -1.95. The third-order valence-electron chi connectivity index (χ3n) is 4.47. The molecule has 1 amide bonds. The largest absolute Gasteiger partial charge is 0.480 e. The highest BCUT2D eigenvalue weighted by Gasteiger charge is 2.43. The first-order chi connectivity index (χ1) is 11.3. The standard InChI is InChI=1S/C18H24FNO4/c1-12(2)10-15(16(21)22)20-17(23)18(6-8-24-9-7-18)13-4-3-5-14(19)11-13/h3-5,11-12,15H,6-10H2,1-2H3,(H,20,23)(H,21,22)/t15-/m1/s1. The number of carboxylic acid groups (broad SMARTS) is 1. The summed E-state index contributed by atoms with van der Waals surface area (Å²) in [5.41, 5.74) is -0.387. The summed E-state index contributed by atoms with van der Waals surface area (Å²) in [4.78, 5) is 24.4. The first-order valence-electron chi connectivity index (χ1n) is 8.23. The topological polar surface area (TPSA) is 75.6 Å². The molecule has 5 nitrogen and oxygen atoms in total. The predicted molar refractivity (Wildman–Crippen MR) is 87.2 cm³/mol. The van der Waals surface area contributed by atoms with E-state index in [0.717, 1.165) is 0 Å². The van der Waals surface area contributed by atoms with Gasteiger partial charge >= 0.3 is 5.97 Å². The lowest BCUT2D eigenvalue weighted by Gasteiger charge is -2.37. The molecule has 6 heteroatoms. The summed E-state index contributed by atoms with van der Waals surface area (Å²) in [7, 11) is 0. The molecule has 0 bridgehead atoms. The average molecular weight is 337 g/mol. The fourth-order valence-corrected chi connectivity index (χ4v) is 3.14. The monoisotopic (exact) mass is 337 g/mol. The molecule has 1 atom stereocenters. The van der Waals surface area contributed by atoms with Gasteiger partial charge in [0.05, 0.1) is 5.41 Å². The Morgan fingerprint density at radius 2 is 2.00 bits per heavy atom. The zero-order chi connectivity index (χ0) is 17.7. The summed E-state index contributed by atoms with van der Waals surface area (Å²) in [6.45, 7) is 4.56. The number of hydrogen-bond acceptors (Lipinski definition) is 3. The first kappa shape index (κ1) is 18.4. The summed E-state index contributed by atoms with van der Waals surface area (Å²) < 4.78 is 19.0. The first-order valence-corrected chi connectivity index (χ1v) is 8.23. The Morgan fingerprint density at radius 3 is 2.54 bits per heavy atom. The van der Waals surface area contributed by atoms with E-state index in [9.17, 15) is 19.1 Å². The predicted octanol–water partition coefficient (Wildman–Crippen LogP) is 2.49. The lowest BCUT2D eigenvalue weighted by atomic mass is 9.73. The molecule has 24 heavy (non-hydrogen) atoms. The summed E-state index contributed by atoms with van der Waals surface area (Å²) in [6, 6.07) is 5.01. The number of amides is 1. The van der Waals surface area contributed by atoms with Crippen molar-refractivity contribution >= 4 is 11.9 Å². The van der Waals surface area contributed by atoms with Gasteiger partial charge in [-0.25, -0.2) is 9.18 Å². The van der Waals surface area contributed by atoms with Gasteiger partial charge in [-0.3, -0.25) is 4.79 Å². The van der Waals surface area contributed by atoms with Crippen molar-refractivity contribution in [1.29, 1.82) is 0 Å². The molecular weight excluding hydrogens is 313 g/mol. The molecule has 0 spiro atoms. The van der Waals surface area contributed by atoms with Crippen LogP contribution >= 0.6 is 0 Å². The van der Waals surface area contributed by atoms with Crippen LogP contribution in [-0.4, -0.2) is 36.2 Å². The van der Waals surface area contributed by atoms with Crippen LogP contribution in [0.25, 0.3) is 0 Å². The number of hydrogen-bond donors (Lipinski definition) is 2. The Balaban J connectivity index is 2.30. The lowest BCUT2D eigenvalue weighted by Crippen LogP contribution is -2.53. The molecule has 0 aromatic heterocycles. The third kappa shape index (κ3) is 4.12. The minimum atomic E-state index is -1.06. The minimum Gasteiger partial charge on any atom is -0.480 e. The fourth-order valence-electron chi connectivity index (χ4n) is 3.14. The normalized spacial score (nSPS) is 18.2. The molecule has 0 saturated carbocycles. The van der Waals surface area contributed by atoms with Crippen LogP contribution < -0.4 is 5.32 Å². The second-order valence-electron chi connectivity index (χ2n) is 6.70. The van der Waals surface area contributed by atoms with E-state index in [1.54, 1.807) is 12.1 Å². The van der Waals surface area contributed by atoms with Gasteiger partial charge in [0.1, 0.15) is 11.9 Å². The molecule has 1 aromatic rings. The Kier molecular flexibility index (Phi) is 5.94. The van der Waals surface area contributed by atoms with Crippen molar-refractivity contribution in [2.75, 3.05) is 13.2 Å². The van der Waals surface area contributed by atoms with Gasteiger partial charge in [-0.15, -0.1) is 0 Å². The maximum atomic E-state index is 13.7. The second kappa shape index (κ2) is 7.75. The van der Waals surface area contributed by atoms with Crippen molar-refractivity contribution in [3.63, 3.8) is 0 Å². The van der Waals surface area contributed by atoms with E-state index in [2.05, 4.69) is 5.32 Å². The molecule has 1 aliphatic heterocycles. The smallest absolute Gasteiger partial charge is 0.326 e. The average Bonchev–Trinajstić information content (AvgIpc) is 2.54. The van der Waals surface area contributed by atoms with Gasteiger partial charge in [0.2, 0.25) is 5.91 Å². The zero-order valence-electron chi connectivity index (χ0n) is 14.0. The van der Waals surface area contributed by atoms with E-state index in [-0.39, 0.29) is 11.8 Å². The van der Waals surface area contributed by atoms with Crippen molar-refractivity contribution in [3.8, 4) is 0 Å². The second-order valence-corrected chi connectivity index (χ2v) is 6.70. The summed E-state index contributed by atoms with van der Waals surface area (Å²) in [6.07, 6.45) is 1.14. The maximum Gasteiger partial charge on any atom is 0.326 e. The Morgan fingerprint density at radius 1 is 1.33 bits per heavy atom. The number of ether oxygens (including phenoxy) is 1. The molecule has 1 aromatic carbocycles. The van der Waals surface area contributed by atoms with Gasteiger partial charge in [0.15, 0.2) is 0 Å². The Labute approximate surface area is 141 Å². The number of carboxylic acids is 1. The van der Waals surface area contributed by atoms with E-state index in [0.29, 0.717) is 38.0 Å². The highest BCUT2D eigenvalue weighted by Crippen LogP contribution is 2.35. The van der Waals surface area contributed by atoms with Gasteiger partial charge in [-0.05, 0) is 42.9 Å². The Bertz CT molecular complexity index is 596. The third-order valence-corrected chi connectivity index (χ3v) is 4.47. The highest BCUT2D eigenvalue weighted by molar-refractivity contribution is 5.91. The van der Waals surface area contributed by atoms with Crippen LogP contribution in [0, 0.1) is 11.7 Å². The highest BCUT2D eigenvalue weighted by atomic mass is 19.1. The molecule has 1 aliphatic rings. The van der Waals surface area contributed by atoms with E-state index < -0.39 is 23.2 Å². The van der Waals surface area contributed by atoms with E-state index in [1.807, 2.05) is 13.8 Å². The van der Waals surface area contributed by atoms with Crippen LogP contribution in [0.1, 0.15) is 38.7 Å². The number of rotatable bonds is 6. The summed E-state index contributed by atoms with van der Waals surface area (Å²) in [5.74, 6) is -1.71. The van der Waals surface area contributed by atoms with Crippen LogP contribution in [0.15, 0.2) is 24.3 Å².